The predicted octanol–water partition coefficient (Wildman–Crippen LogP) is 5.29. The maximum Gasteiger partial charge on any atom is 0.308 e. The number of carboxylic acid groups (broad SMARTS) is 1. The summed E-state index contributed by atoms with van der Waals surface area (Å²) in [5.41, 5.74) is 3.73. The van der Waals surface area contributed by atoms with E-state index in [1.54, 1.807) is 19.4 Å². The number of methoxy groups -OCH3 is 1. The number of nitrogens with zero attached hydrogens (tertiary/aromatic N) is 2. The highest BCUT2D eigenvalue weighted by Crippen LogP contribution is 2.43. The summed E-state index contributed by atoms with van der Waals surface area (Å²) in [6, 6.07) is 12.4. The minimum absolute atomic E-state index is 0.0277. The number of pyridine rings is 1. The van der Waals surface area contributed by atoms with Crippen LogP contribution >= 0.6 is 0 Å². The predicted molar refractivity (Wildman–Crippen MR) is 135 cm³/mol. The summed E-state index contributed by atoms with van der Waals surface area (Å²) in [4.78, 5) is 19.1. The van der Waals surface area contributed by atoms with Crippen LogP contribution in [0.15, 0.2) is 48.7 Å². The minimum atomic E-state index is -0.789. The first-order valence-corrected chi connectivity index (χ1v) is 12.7. The van der Waals surface area contributed by atoms with E-state index >= 15 is 0 Å². The smallest absolute Gasteiger partial charge is 0.308 e. The average Bonchev–Trinajstić information content (AvgIpc) is 3.28. The van der Waals surface area contributed by atoms with Crippen LogP contribution in [-0.2, 0) is 11.2 Å². The lowest BCUT2D eigenvalue weighted by molar-refractivity contribution is -0.150. The zero-order valence-electron chi connectivity index (χ0n) is 20.7. The summed E-state index contributed by atoms with van der Waals surface area (Å²) in [6.07, 6.45) is 4.53. The number of piperidine rings is 1. The van der Waals surface area contributed by atoms with Crippen molar-refractivity contribution >= 4 is 16.9 Å². The molecule has 2 aliphatic rings. The molecule has 0 amide bonds. The van der Waals surface area contributed by atoms with E-state index in [9.17, 15) is 19.4 Å². The van der Waals surface area contributed by atoms with Crippen LogP contribution in [-0.4, -0.2) is 45.8 Å². The summed E-state index contributed by atoms with van der Waals surface area (Å²) >= 11 is 0. The van der Waals surface area contributed by atoms with Crippen molar-refractivity contribution < 1.29 is 24.1 Å². The molecule has 3 aromatic rings. The Labute approximate surface area is 210 Å². The van der Waals surface area contributed by atoms with Crippen LogP contribution in [0.2, 0.25) is 0 Å². The highest BCUT2D eigenvalue weighted by molar-refractivity contribution is 5.83. The number of ether oxygens (including phenoxy) is 1. The molecule has 1 saturated heterocycles. The second kappa shape index (κ2) is 10.1. The molecular weight excluding hydrogens is 459 g/mol. The summed E-state index contributed by atoms with van der Waals surface area (Å²) in [6.45, 7) is 2.80. The van der Waals surface area contributed by atoms with Crippen molar-refractivity contribution in [1.29, 1.82) is 0 Å². The van der Waals surface area contributed by atoms with Gasteiger partial charge in [0.25, 0.3) is 0 Å². The number of carbonyl (C=O) groups is 1. The molecule has 5 rings (SSSR count). The molecule has 1 aliphatic heterocycles. The first-order chi connectivity index (χ1) is 17.4. The van der Waals surface area contributed by atoms with Gasteiger partial charge in [0.1, 0.15) is 11.6 Å². The van der Waals surface area contributed by atoms with Crippen molar-refractivity contribution in [2.24, 2.45) is 11.8 Å². The lowest BCUT2D eigenvalue weighted by Gasteiger charge is -2.45. The number of rotatable bonds is 7. The van der Waals surface area contributed by atoms with Crippen molar-refractivity contribution in [1.82, 2.24) is 9.88 Å². The number of hydrogen-bond acceptors (Lipinski definition) is 5. The van der Waals surface area contributed by atoms with E-state index in [0.29, 0.717) is 18.6 Å². The van der Waals surface area contributed by atoms with Gasteiger partial charge in [-0.3, -0.25) is 14.7 Å². The van der Waals surface area contributed by atoms with Gasteiger partial charge in [-0.25, -0.2) is 4.39 Å². The van der Waals surface area contributed by atoms with Crippen molar-refractivity contribution in [3.63, 3.8) is 0 Å². The number of hydrogen-bond donors (Lipinski definition) is 2. The zero-order chi connectivity index (χ0) is 25.4. The molecule has 5 atom stereocenters. The summed E-state index contributed by atoms with van der Waals surface area (Å²) in [7, 11) is 1.61. The van der Waals surface area contributed by atoms with Crippen LogP contribution in [0.3, 0.4) is 0 Å². The van der Waals surface area contributed by atoms with E-state index in [-0.39, 0.29) is 23.8 Å². The molecule has 2 N–H and O–H groups in total. The number of aliphatic carboxylic acids is 1. The molecule has 36 heavy (non-hydrogen) atoms. The van der Waals surface area contributed by atoms with E-state index in [1.807, 2.05) is 37.3 Å². The van der Waals surface area contributed by atoms with Crippen LogP contribution in [0, 0.1) is 17.7 Å². The minimum Gasteiger partial charge on any atom is -0.497 e. The van der Waals surface area contributed by atoms with E-state index in [4.69, 9.17) is 4.74 Å². The molecule has 0 bridgehead atoms. The third kappa shape index (κ3) is 4.58. The van der Waals surface area contributed by atoms with Crippen molar-refractivity contribution in [3.05, 3.63) is 71.2 Å². The Kier molecular flexibility index (Phi) is 6.95. The van der Waals surface area contributed by atoms with Gasteiger partial charge in [0.05, 0.1) is 24.6 Å². The molecule has 1 aromatic heterocycles. The van der Waals surface area contributed by atoms with E-state index in [1.165, 1.54) is 6.07 Å². The van der Waals surface area contributed by atoms with Gasteiger partial charge < -0.3 is 14.9 Å². The largest absolute Gasteiger partial charge is 0.497 e. The standard InChI is InChI=1S/C29H33FN2O4/c1-17-28(29(34)35)18(12-14-32(17)26-9-3-19-15-20(30)5-7-22(19)26)4-10-27(33)23-11-13-31-25-8-6-21(36-2)16-24(23)25/h5-8,11,13,15-18,26-28,33H,3-4,9-10,12,14H2,1-2H3,(H,34,35)/t17?,18-,26?,27?,28+/m1/s1. The molecule has 7 heteroatoms. The second-order valence-corrected chi connectivity index (χ2v) is 10.2. The number of aryl methyl sites for hydroxylation is 1. The Morgan fingerprint density at radius 1 is 1.22 bits per heavy atom. The second-order valence-electron chi connectivity index (χ2n) is 10.2. The van der Waals surface area contributed by atoms with Crippen molar-refractivity contribution in [2.45, 2.75) is 57.2 Å². The summed E-state index contributed by atoms with van der Waals surface area (Å²) in [5, 5.41) is 22.1. The first-order valence-electron chi connectivity index (χ1n) is 12.7. The number of likely N-dealkylation sites (tertiary alicyclic amines) is 1. The van der Waals surface area contributed by atoms with Gasteiger partial charge in [-0.05, 0) is 105 Å². The van der Waals surface area contributed by atoms with E-state index in [2.05, 4.69) is 9.88 Å². The number of fused-ring (bicyclic) bond motifs is 2. The van der Waals surface area contributed by atoms with Crippen LogP contribution < -0.4 is 4.74 Å². The lowest BCUT2D eigenvalue weighted by Crippen LogP contribution is -2.51. The van der Waals surface area contributed by atoms with Crippen LogP contribution in [0.25, 0.3) is 10.9 Å². The van der Waals surface area contributed by atoms with Crippen molar-refractivity contribution in [3.8, 4) is 5.75 Å². The highest BCUT2D eigenvalue weighted by atomic mass is 19.1. The highest BCUT2D eigenvalue weighted by Gasteiger charge is 2.43. The fraction of sp³-hybridized carbons (Fsp3) is 0.448. The topological polar surface area (TPSA) is 82.9 Å². The molecule has 190 valence electrons. The van der Waals surface area contributed by atoms with Gasteiger partial charge in [-0.1, -0.05) is 6.07 Å². The molecule has 0 radical (unpaired) electrons. The van der Waals surface area contributed by atoms with E-state index < -0.39 is 18.0 Å². The number of aliphatic hydroxyl groups is 1. The quantitative estimate of drug-likeness (QED) is 0.466. The Morgan fingerprint density at radius 3 is 2.83 bits per heavy atom. The molecule has 2 heterocycles. The third-order valence-electron chi connectivity index (χ3n) is 8.30. The van der Waals surface area contributed by atoms with Gasteiger partial charge in [0.2, 0.25) is 0 Å². The fourth-order valence-corrected chi connectivity index (χ4v) is 6.47. The average molecular weight is 493 g/mol. The monoisotopic (exact) mass is 492 g/mol. The molecule has 6 nitrogen and oxygen atoms in total. The fourth-order valence-electron chi connectivity index (χ4n) is 6.47. The Hall–Kier alpha value is -3.03. The molecule has 0 saturated carbocycles. The Bertz CT molecular complexity index is 1270. The number of halogens is 1. The number of aliphatic hydroxyl groups excluding tert-OH is 1. The van der Waals surface area contributed by atoms with Crippen LogP contribution in [0.1, 0.15) is 61.4 Å². The van der Waals surface area contributed by atoms with E-state index in [0.717, 1.165) is 53.4 Å². The number of carboxylic acids is 1. The van der Waals surface area contributed by atoms with Gasteiger partial charge in [0, 0.05) is 23.7 Å². The normalized spacial score (nSPS) is 25.0. The Balaban J connectivity index is 1.31. The third-order valence-corrected chi connectivity index (χ3v) is 8.30. The number of benzene rings is 2. The first kappa shape index (κ1) is 24.7. The Morgan fingerprint density at radius 2 is 2.06 bits per heavy atom. The van der Waals surface area contributed by atoms with Gasteiger partial charge in [0.15, 0.2) is 0 Å². The molecular formula is C29H33FN2O4. The van der Waals surface area contributed by atoms with Gasteiger partial charge in [-0.2, -0.15) is 0 Å². The van der Waals surface area contributed by atoms with Crippen molar-refractivity contribution in [2.75, 3.05) is 13.7 Å². The maximum absolute atomic E-state index is 13.7. The lowest BCUT2D eigenvalue weighted by atomic mass is 9.76. The van der Waals surface area contributed by atoms with Crippen LogP contribution in [0.4, 0.5) is 4.39 Å². The molecule has 2 aromatic carbocycles. The number of aromatic nitrogens is 1. The summed E-state index contributed by atoms with van der Waals surface area (Å²) < 4.78 is 19.0. The SMILES string of the molecule is COc1ccc2nccc(C(O)CC[C@@H]3CCN(C4CCc5cc(F)ccc54)C(C)[C@@H]3C(=O)O)c2c1. The zero-order valence-corrected chi connectivity index (χ0v) is 20.7. The molecule has 1 fully saturated rings. The van der Waals surface area contributed by atoms with Crippen LogP contribution in [0.5, 0.6) is 5.75 Å². The summed E-state index contributed by atoms with van der Waals surface area (Å²) in [5.74, 6) is -0.858. The molecule has 3 unspecified atom stereocenters. The molecule has 0 spiro atoms. The maximum atomic E-state index is 13.7. The van der Waals surface area contributed by atoms with Gasteiger partial charge >= 0.3 is 5.97 Å². The molecule has 1 aliphatic carbocycles. The van der Waals surface area contributed by atoms with Gasteiger partial charge in [-0.15, -0.1) is 0 Å².